The Hall–Kier alpha value is -1.38. The third-order valence-corrected chi connectivity index (χ3v) is 3.02. The highest BCUT2D eigenvalue weighted by molar-refractivity contribution is 7.99. The molecule has 1 rings (SSSR count). The van der Waals surface area contributed by atoms with Crippen molar-refractivity contribution < 1.29 is 14.3 Å². The monoisotopic (exact) mass is 253 g/mol. The number of aryl methyl sites for hydroxylation is 1. The van der Waals surface area contributed by atoms with Crippen molar-refractivity contribution in [1.29, 1.82) is 0 Å². The Bertz CT molecular complexity index is 420. The first-order chi connectivity index (χ1) is 8.15. The maximum absolute atomic E-state index is 10.7. The first-order valence-electron chi connectivity index (χ1n) is 5.19. The Balaban J connectivity index is 2.32. The summed E-state index contributed by atoms with van der Waals surface area (Å²) in [7, 11) is 0. The molecule has 0 atom stereocenters. The van der Waals surface area contributed by atoms with Gasteiger partial charge in [-0.1, -0.05) is 5.92 Å². The zero-order valence-corrected chi connectivity index (χ0v) is 10.5. The van der Waals surface area contributed by atoms with Crippen LogP contribution in [0.1, 0.15) is 21.9 Å². The van der Waals surface area contributed by atoms with E-state index in [-0.39, 0.29) is 5.76 Å². The third-order valence-electron chi connectivity index (χ3n) is 2.16. The molecular weight excluding hydrogens is 238 g/mol. The van der Waals surface area contributed by atoms with Crippen molar-refractivity contribution in [2.75, 3.05) is 18.1 Å². The molecule has 0 fully saturated rings. The lowest BCUT2D eigenvalue weighted by molar-refractivity contribution is 0.0661. The molecule has 1 aromatic heterocycles. The summed E-state index contributed by atoms with van der Waals surface area (Å²) in [6, 6.07) is 1.55. The van der Waals surface area contributed by atoms with Crippen LogP contribution in [-0.2, 0) is 6.54 Å². The van der Waals surface area contributed by atoms with E-state index in [2.05, 4.69) is 11.2 Å². The van der Waals surface area contributed by atoms with Gasteiger partial charge in [0.1, 0.15) is 5.76 Å². The number of nitrogens with one attached hydrogen (secondary N) is 1. The summed E-state index contributed by atoms with van der Waals surface area (Å²) < 4.78 is 5.10. The summed E-state index contributed by atoms with van der Waals surface area (Å²) >= 11 is 1.69. The minimum atomic E-state index is -1.04. The second-order valence-corrected chi connectivity index (χ2v) is 4.54. The fraction of sp³-hybridized carbons (Fsp3) is 0.417. The van der Waals surface area contributed by atoms with E-state index >= 15 is 0 Å². The lowest BCUT2D eigenvalue weighted by atomic mass is 10.2. The van der Waals surface area contributed by atoms with Crippen molar-refractivity contribution in [3.63, 3.8) is 0 Å². The molecule has 0 saturated heterocycles. The molecule has 0 spiro atoms. The molecule has 0 saturated carbocycles. The van der Waals surface area contributed by atoms with Gasteiger partial charge >= 0.3 is 5.97 Å². The van der Waals surface area contributed by atoms with E-state index in [1.807, 2.05) is 0 Å². The summed E-state index contributed by atoms with van der Waals surface area (Å²) in [6.45, 7) is 3.20. The maximum Gasteiger partial charge on any atom is 0.371 e. The van der Waals surface area contributed by atoms with Crippen LogP contribution in [0.5, 0.6) is 0 Å². The van der Waals surface area contributed by atoms with Gasteiger partial charge in [-0.3, -0.25) is 0 Å². The van der Waals surface area contributed by atoms with E-state index in [4.69, 9.17) is 15.9 Å². The molecule has 17 heavy (non-hydrogen) atoms. The number of terminal acetylenes is 1. The molecule has 0 unspecified atom stereocenters. The predicted octanol–water partition coefficient (Wildman–Crippen LogP) is 1.74. The van der Waals surface area contributed by atoms with Gasteiger partial charge in [0.15, 0.2) is 0 Å². The van der Waals surface area contributed by atoms with E-state index in [0.717, 1.165) is 23.6 Å². The van der Waals surface area contributed by atoms with E-state index in [9.17, 15) is 4.79 Å². The van der Waals surface area contributed by atoms with E-state index < -0.39 is 5.97 Å². The minimum absolute atomic E-state index is 0.0130. The van der Waals surface area contributed by atoms with Crippen molar-refractivity contribution in [2.24, 2.45) is 0 Å². The Morgan fingerprint density at radius 3 is 3.06 bits per heavy atom. The topological polar surface area (TPSA) is 62.5 Å². The summed E-state index contributed by atoms with van der Waals surface area (Å²) in [5.74, 6) is 3.80. The number of thioether (sulfide) groups is 1. The number of rotatable bonds is 7. The molecule has 0 aliphatic carbocycles. The quantitative estimate of drug-likeness (QED) is 0.572. The lowest BCUT2D eigenvalue weighted by Gasteiger charge is -2.02. The van der Waals surface area contributed by atoms with Gasteiger partial charge in [0.25, 0.3) is 0 Å². The molecule has 4 nitrogen and oxygen atoms in total. The molecule has 1 heterocycles. The van der Waals surface area contributed by atoms with Gasteiger partial charge < -0.3 is 14.8 Å². The molecule has 0 aliphatic rings. The van der Waals surface area contributed by atoms with Crippen LogP contribution in [0.25, 0.3) is 0 Å². The van der Waals surface area contributed by atoms with Crippen LogP contribution in [0.4, 0.5) is 0 Å². The first kappa shape index (κ1) is 13.7. The Labute approximate surface area is 105 Å². The van der Waals surface area contributed by atoms with Gasteiger partial charge in [-0.15, -0.1) is 18.2 Å². The second kappa shape index (κ2) is 7.05. The highest BCUT2D eigenvalue weighted by Gasteiger charge is 2.12. The number of carbonyl (C=O) groups is 1. The predicted molar refractivity (Wildman–Crippen MR) is 68.3 cm³/mol. The molecule has 0 radical (unpaired) electrons. The Morgan fingerprint density at radius 2 is 2.47 bits per heavy atom. The molecule has 0 aliphatic heterocycles. The smallest absolute Gasteiger partial charge is 0.371 e. The number of aromatic carboxylic acids is 1. The average molecular weight is 253 g/mol. The Morgan fingerprint density at radius 1 is 1.71 bits per heavy atom. The van der Waals surface area contributed by atoms with Crippen LogP contribution < -0.4 is 5.32 Å². The van der Waals surface area contributed by atoms with E-state index in [1.54, 1.807) is 24.8 Å². The highest BCUT2D eigenvalue weighted by Crippen LogP contribution is 2.14. The molecule has 2 N–H and O–H groups in total. The Kier molecular flexibility index (Phi) is 5.67. The van der Waals surface area contributed by atoms with E-state index in [0.29, 0.717) is 12.3 Å². The van der Waals surface area contributed by atoms with Gasteiger partial charge in [0.2, 0.25) is 5.76 Å². The fourth-order valence-corrected chi connectivity index (χ4v) is 1.85. The molecule has 0 aromatic carbocycles. The van der Waals surface area contributed by atoms with Crippen molar-refractivity contribution in [3.8, 4) is 12.3 Å². The second-order valence-electron chi connectivity index (χ2n) is 3.43. The largest absolute Gasteiger partial charge is 0.475 e. The van der Waals surface area contributed by atoms with Crippen LogP contribution >= 0.6 is 11.8 Å². The molecule has 5 heteroatoms. The first-order valence-corrected chi connectivity index (χ1v) is 6.35. The van der Waals surface area contributed by atoms with Gasteiger partial charge in [-0.2, -0.15) is 0 Å². The van der Waals surface area contributed by atoms with Crippen LogP contribution in [0.3, 0.4) is 0 Å². The van der Waals surface area contributed by atoms with Gasteiger partial charge in [0.05, 0.1) is 5.75 Å². The highest BCUT2D eigenvalue weighted by atomic mass is 32.2. The number of carboxylic acid groups (broad SMARTS) is 1. The maximum atomic E-state index is 10.7. The minimum Gasteiger partial charge on any atom is -0.475 e. The SMILES string of the molecule is C#CCSCCNCc1cc(C(=O)O)oc1C. The van der Waals surface area contributed by atoms with Crippen molar-refractivity contribution in [3.05, 3.63) is 23.2 Å². The number of hydrogen-bond acceptors (Lipinski definition) is 4. The lowest BCUT2D eigenvalue weighted by Crippen LogP contribution is -2.16. The molecule has 92 valence electrons. The van der Waals surface area contributed by atoms with Crippen LogP contribution in [0.2, 0.25) is 0 Å². The molecule has 0 amide bonds. The fourth-order valence-electron chi connectivity index (χ4n) is 1.30. The summed E-state index contributed by atoms with van der Waals surface area (Å²) in [6.07, 6.45) is 5.13. The van der Waals surface area contributed by atoms with Gasteiger partial charge in [0, 0.05) is 24.4 Å². The average Bonchev–Trinajstić information content (AvgIpc) is 2.65. The third kappa shape index (κ3) is 4.55. The van der Waals surface area contributed by atoms with Gasteiger partial charge in [-0.05, 0) is 13.0 Å². The number of hydrogen-bond donors (Lipinski definition) is 2. The zero-order valence-electron chi connectivity index (χ0n) is 9.66. The van der Waals surface area contributed by atoms with Crippen LogP contribution in [-0.4, -0.2) is 29.1 Å². The van der Waals surface area contributed by atoms with Crippen LogP contribution in [0, 0.1) is 19.3 Å². The van der Waals surface area contributed by atoms with Crippen LogP contribution in [0.15, 0.2) is 10.5 Å². The van der Waals surface area contributed by atoms with Crippen molar-refractivity contribution in [1.82, 2.24) is 5.32 Å². The zero-order chi connectivity index (χ0) is 12.7. The molecule has 1 aromatic rings. The number of carboxylic acids is 1. The van der Waals surface area contributed by atoms with E-state index in [1.165, 1.54) is 0 Å². The van der Waals surface area contributed by atoms with Gasteiger partial charge in [-0.25, -0.2) is 4.79 Å². The summed E-state index contributed by atoms with van der Waals surface area (Å²) in [5.41, 5.74) is 0.879. The summed E-state index contributed by atoms with van der Waals surface area (Å²) in [4.78, 5) is 10.7. The standard InChI is InChI=1S/C12H15NO3S/c1-3-5-17-6-4-13-8-10-7-11(12(14)15)16-9(10)2/h1,7,13H,4-6,8H2,2H3,(H,14,15). The normalized spacial score (nSPS) is 10.1. The molecular formula is C12H15NO3S. The number of furan rings is 1. The van der Waals surface area contributed by atoms with Crippen molar-refractivity contribution in [2.45, 2.75) is 13.5 Å². The summed E-state index contributed by atoms with van der Waals surface area (Å²) in [5, 5.41) is 12.0. The molecule has 0 bridgehead atoms. The van der Waals surface area contributed by atoms with Crippen molar-refractivity contribution >= 4 is 17.7 Å².